The van der Waals surface area contributed by atoms with Crippen LogP contribution in [0.3, 0.4) is 0 Å². The first-order chi connectivity index (χ1) is 12.6. The van der Waals surface area contributed by atoms with Crippen LogP contribution in [0.25, 0.3) is 0 Å². The molecule has 0 spiro atoms. The number of rotatable bonds is 8. The van der Waals surface area contributed by atoms with E-state index in [2.05, 4.69) is 46.4 Å². The highest BCUT2D eigenvalue weighted by Gasteiger charge is 2.20. The van der Waals surface area contributed by atoms with Gasteiger partial charge in [0.15, 0.2) is 5.96 Å². The maximum Gasteiger partial charge on any atom is 0.191 e. The van der Waals surface area contributed by atoms with E-state index in [-0.39, 0.29) is 0 Å². The first-order valence-corrected chi connectivity index (χ1v) is 10.4. The molecule has 0 saturated carbocycles. The second-order valence-corrected chi connectivity index (χ2v) is 7.24. The van der Waals surface area contributed by atoms with Crippen molar-refractivity contribution in [3.8, 4) is 0 Å². The highest BCUT2D eigenvalue weighted by atomic mass is 15.3. The van der Waals surface area contributed by atoms with Gasteiger partial charge in [-0.1, -0.05) is 27.2 Å². The molecule has 0 radical (unpaired) electrons. The van der Waals surface area contributed by atoms with Gasteiger partial charge in [-0.05, 0) is 38.6 Å². The van der Waals surface area contributed by atoms with Crippen molar-refractivity contribution < 1.29 is 0 Å². The molecule has 1 aromatic rings. The number of aliphatic imine (C=N–C) groups is 1. The number of aryl methyl sites for hydroxylation is 2. The van der Waals surface area contributed by atoms with Gasteiger partial charge < -0.3 is 15.5 Å². The Labute approximate surface area is 159 Å². The van der Waals surface area contributed by atoms with Crippen molar-refractivity contribution in [2.24, 2.45) is 12.0 Å². The zero-order valence-corrected chi connectivity index (χ0v) is 17.4. The van der Waals surface area contributed by atoms with E-state index >= 15 is 0 Å². The molecule has 0 atom stereocenters. The number of aromatic nitrogens is 2. The molecular formula is C20H38N6. The lowest BCUT2D eigenvalue weighted by molar-refractivity contribution is 0.203. The number of unbranched alkanes of at least 4 members (excludes halogenated alkanes) is 1. The molecule has 1 fully saturated rings. The zero-order chi connectivity index (χ0) is 18.9. The van der Waals surface area contributed by atoms with Gasteiger partial charge in [-0.3, -0.25) is 9.67 Å². The van der Waals surface area contributed by atoms with Gasteiger partial charge in [0.2, 0.25) is 0 Å². The molecule has 6 heteroatoms. The number of hydrogen-bond acceptors (Lipinski definition) is 3. The second-order valence-electron chi connectivity index (χ2n) is 7.24. The molecule has 148 valence electrons. The van der Waals surface area contributed by atoms with E-state index in [1.807, 2.05) is 18.8 Å². The summed E-state index contributed by atoms with van der Waals surface area (Å²) in [5, 5.41) is 11.8. The van der Waals surface area contributed by atoms with Gasteiger partial charge in [-0.25, -0.2) is 0 Å². The lowest BCUT2D eigenvalue weighted by atomic mass is 10.0. The summed E-state index contributed by atoms with van der Waals surface area (Å²) in [7, 11) is 3.90. The van der Waals surface area contributed by atoms with Crippen LogP contribution in [-0.2, 0) is 26.4 Å². The summed E-state index contributed by atoms with van der Waals surface area (Å²) in [6.45, 7) is 11.0. The predicted molar refractivity (Wildman–Crippen MR) is 110 cm³/mol. The molecule has 0 aliphatic carbocycles. The summed E-state index contributed by atoms with van der Waals surface area (Å²) < 4.78 is 2.03. The molecule has 0 bridgehead atoms. The lowest BCUT2D eigenvalue weighted by Gasteiger charge is -2.33. The van der Waals surface area contributed by atoms with Gasteiger partial charge in [0.25, 0.3) is 0 Å². The molecule has 1 aliphatic heterocycles. The van der Waals surface area contributed by atoms with E-state index in [1.54, 1.807) is 0 Å². The fourth-order valence-electron chi connectivity index (χ4n) is 3.84. The number of nitrogens with one attached hydrogen (secondary N) is 2. The van der Waals surface area contributed by atoms with Gasteiger partial charge in [-0.2, -0.15) is 5.10 Å². The largest absolute Gasteiger partial charge is 0.354 e. The molecule has 6 nitrogen and oxygen atoms in total. The van der Waals surface area contributed by atoms with Gasteiger partial charge in [0.1, 0.15) is 0 Å². The molecule has 0 aromatic carbocycles. The predicted octanol–water partition coefficient (Wildman–Crippen LogP) is 2.47. The normalized spacial score (nSPS) is 16.9. The van der Waals surface area contributed by atoms with E-state index in [0.29, 0.717) is 6.04 Å². The molecule has 2 heterocycles. The van der Waals surface area contributed by atoms with Crippen molar-refractivity contribution >= 4 is 5.96 Å². The fraction of sp³-hybridized carbons (Fsp3) is 0.800. The third kappa shape index (κ3) is 5.47. The van der Waals surface area contributed by atoms with Crippen LogP contribution in [0.2, 0.25) is 0 Å². The van der Waals surface area contributed by atoms with E-state index in [0.717, 1.165) is 25.3 Å². The molecule has 2 rings (SSSR count). The Morgan fingerprint density at radius 1 is 1.19 bits per heavy atom. The summed E-state index contributed by atoms with van der Waals surface area (Å²) in [5.74, 6) is 0.907. The Hall–Kier alpha value is -1.56. The Balaban J connectivity index is 1.86. The van der Waals surface area contributed by atoms with E-state index in [9.17, 15) is 0 Å². The minimum Gasteiger partial charge on any atom is -0.354 e. The molecule has 1 saturated heterocycles. The van der Waals surface area contributed by atoms with Crippen LogP contribution in [0.4, 0.5) is 0 Å². The SMILES string of the molecule is CCCCN1CCC(NC(=NC)NCc2c(CC)nn(C)c2CC)CC1. The van der Waals surface area contributed by atoms with Gasteiger partial charge in [0.05, 0.1) is 5.69 Å². The van der Waals surface area contributed by atoms with Crippen LogP contribution >= 0.6 is 0 Å². The molecule has 1 aliphatic rings. The van der Waals surface area contributed by atoms with E-state index in [1.165, 1.54) is 62.3 Å². The molecule has 26 heavy (non-hydrogen) atoms. The van der Waals surface area contributed by atoms with Crippen LogP contribution in [0.5, 0.6) is 0 Å². The quantitative estimate of drug-likeness (QED) is 0.551. The van der Waals surface area contributed by atoms with Crippen molar-refractivity contribution in [1.29, 1.82) is 0 Å². The topological polar surface area (TPSA) is 57.5 Å². The van der Waals surface area contributed by atoms with Gasteiger partial charge >= 0.3 is 0 Å². The number of likely N-dealkylation sites (tertiary alicyclic amines) is 1. The molecule has 2 N–H and O–H groups in total. The molecule has 0 unspecified atom stereocenters. The van der Waals surface area contributed by atoms with Crippen LogP contribution in [-0.4, -0.2) is 53.4 Å². The zero-order valence-electron chi connectivity index (χ0n) is 17.4. The van der Waals surface area contributed by atoms with Gasteiger partial charge in [-0.15, -0.1) is 0 Å². The average molecular weight is 363 g/mol. The Morgan fingerprint density at radius 3 is 2.50 bits per heavy atom. The van der Waals surface area contributed by atoms with Crippen molar-refractivity contribution in [3.05, 3.63) is 17.0 Å². The maximum atomic E-state index is 4.66. The molecule has 0 amide bonds. The average Bonchev–Trinajstić information content (AvgIpc) is 2.98. The first-order valence-electron chi connectivity index (χ1n) is 10.4. The highest BCUT2D eigenvalue weighted by molar-refractivity contribution is 5.80. The molecule has 1 aromatic heterocycles. The summed E-state index contributed by atoms with van der Waals surface area (Å²) in [6.07, 6.45) is 6.94. The Kier molecular flexibility index (Phi) is 8.42. The number of piperidine rings is 1. The number of hydrogen-bond donors (Lipinski definition) is 2. The van der Waals surface area contributed by atoms with Gasteiger partial charge in [0, 0.05) is 51.0 Å². The van der Waals surface area contributed by atoms with E-state index in [4.69, 9.17) is 0 Å². The van der Waals surface area contributed by atoms with Crippen molar-refractivity contribution in [3.63, 3.8) is 0 Å². The van der Waals surface area contributed by atoms with Crippen molar-refractivity contribution in [2.75, 3.05) is 26.7 Å². The number of nitrogens with zero attached hydrogens (tertiary/aromatic N) is 4. The summed E-state index contributed by atoms with van der Waals surface area (Å²) >= 11 is 0. The first kappa shape index (κ1) is 20.7. The summed E-state index contributed by atoms with van der Waals surface area (Å²) in [6, 6.07) is 0.518. The Morgan fingerprint density at radius 2 is 1.92 bits per heavy atom. The van der Waals surface area contributed by atoms with Crippen LogP contribution < -0.4 is 10.6 Å². The highest BCUT2D eigenvalue weighted by Crippen LogP contribution is 2.15. The van der Waals surface area contributed by atoms with Crippen molar-refractivity contribution in [1.82, 2.24) is 25.3 Å². The summed E-state index contributed by atoms with van der Waals surface area (Å²) in [4.78, 5) is 7.03. The van der Waals surface area contributed by atoms with Crippen LogP contribution in [0.1, 0.15) is 63.4 Å². The monoisotopic (exact) mass is 362 g/mol. The minimum atomic E-state index is 0.518. The standard InChI is InChI=1S/C20H38N6/c1-6-9-12-26-13-10-16(11-14-26)23-20(21-4)22-15-17-18(7-2)24-25(5)19(17)8-3/h16H,6-15H2,1-5H3,(H2,21,22,23). The second kappa shape index (κ2) is 10.6. The van der Waals surface area contributed by atoms with Crippen molar-refractivity contribution in [2.45, 2.75) is 71.9 Å². The van der Waals surface area contributed by atoms with Crippen LogP contribution in [0.15, 0.2) is 4.99 Å². The fourth-order valence-corrected chi connectivity index (χ4v) is 3.84. The number of guanidine groups is 1. The molecular weight excluding hydrogens is 324 g/mol. The maximum absolute atomic E-state index is 4.66. The van der Waals surface area contributed by atoms with Crippen LogP contribution in [0, 0.1) is 0 Å². The lowest BCUT2D eigenvalue weighted by Crippen LogP contribution is -2.48. The minimum absolute atomic E-state index is 0.518. The smallest absolute Gasteiger partial charge is 0.191 e. The summed E-state index contributed by atoms with van der Waals surface area (Å²) in [5.41, 5.74) is 3.83. The van der Waals surface area contributed by atoms with E-state index < -0.39 is 0 Å². The third-order valence-corrected chi connectivity index (χ3v) is 5.44. The third-order valence-electron chi connectivity index (χ3n) is 5.44. The Bertz CT molecular complexity index is 569.